The van der Waals surface area contributed by atoms with Gasteiger partial charge in [-0.3, -0.25) is 0 Å². The Labute approximate surface area is 103 Å². The van der Waals surface area contributed by atoms with Crippen LogP contribution in [0.4, 0.5) is 10.2 Å². The monoisotopic (exact) mass is 273 g/mol. The number of nitrogens with zero attached hydrogens (tertiary/aromatic N) is 2. The molecule has 0 aliphatic rings. The van der Waals surface area contributed by atoms with Crippen molar-refractivity contribution in [2.75, 3.05) is 5.73 Å². The molecule has 1 aromatic heterocycles. The molecule has 0 aliphatic heterocycles. The fourth-order valence-corrected chi connectivity index (χ4v) is 6.76. The highest BCUT2D eigenvalue weighted by Gasteiger charge is 2.33. The molecule has 0 radical (unpaired) electrons. The molecule has 0 fully saturated rings. The van der Waals surface area contributed by atoms with Gasteiger partial charge >= 0.3 is 5.69 Å². The minimum Gasteiger partial charge on any atom is -0.381 e. The molecule has 0 saturated carbocycles. The molecule has 1 rings (SSSR count). The maximum atomic E-state index is 14.2. The Kier molecular flexibility index (Phi) is 3.37. The minimum absolute atomic E-state index is 0.276. The van der Waals surface area contributed by atoms with Crippen LogP contribution in [-0.2, 0) is 0 Å². The molecule has 2 N–H and O–H groups in total. The molecule has 17 heavy (non-hydrogen) atoms. The summed E-state index contributed by atoms with van der Waals surface area (Å²) in [5.41, 5.74) is 5.05. The fraction of sp³-hybridized carbons (Fsp3) is 0.600. The molecule has 0 atom stereocenters. The summed E-state index contributed by atoms with van der Waals surface area (Å²) in [4.78, 5) is 15.5. The molecule has 0 aromatic carbocycles. The van der Waals surface area contributed by atoms with E-state index in [4.69, 9.17) is 5.73 Å². The van der Waals surface area contributed by atoms with Crippen molar-refractivity contribution in [2.45, 2.75) is 39.3 Å². The van der Waals surface area contributed by atoms with Crippen LogP contribution in [0.5, 0.6) is 0 Å². The predicted molar refractivity (Wildman–Crippen MR) is 74.6 cm³/mol. The average Bonchev–Trinajstić information content (AvgIpc) is 2.06. The van der Waals surface area contributed by atoms with Crippen LogP contribution in [0.2, 0.25) is 39.3 Å². The van der Waals surface area contributed by atoms with E-state index in [1.54, 1.807) is 4.23 Å². The lowest BCUT2D eigenvalue weighted by molar-refractivity contribution is 0.622. The normalized spacial score (nSPS) is 12.9. The summed E-state index contributed by atoms with van der Waals surface area (Å²) in [5, 5.41) is 0.495. The quantitative estimate of drug-likeness (QED) is 0.824. The molecular formula is C10H20FN3OSi2. The smallest absolute Gasteiger partial charge is 0.341 e. The van der Waals surface area contributed by atoms with Crippen molar-refractivity contribution < 1.29 is 4.39 Å². The van der Waals surface area contributed by atoms with Crippen molar-refractivity contribution in [3.05, 3.63) is 16.3 Å². The van der Waals surface area contributed by atoms with Crippen molar-refractivity contribution >= 4 is 27.4 Å². The Hall–Kier alpha value is -0.956. The van der Waals surface area contributed by atoms with Crippen molar-refractivity contribution in [1.29, 1.82) is 0 Å². The van der Waals surface area contributed by atoms with E-state index in [0.717, 1.165) is 0 Å². The lowest BCUT2D eigenvalue weighted by Crippen LogP contribution is -2.59. The summed E-state index contributed by atoms with van der Waals surface area (Å²) in [7, 11) is -4.00. The second-order valence-electron chi connectivity index (χ2n) is 6.20. The topological polar surface area (TPSA) is 60.9 Å². The molecule has 0 spiro atoms. The SMILES string of the molecule is C[Si](C)(C)c1c(F)c(N)nc(=O)n1[Si](C)(C)C. The van der Waals surface area contributed by atoms with Gasteiger partial charge in [0.15, 0.2) is 19.9 Å². The second kappa shape index (κ2) is 4.06. The highest BCUT2D eigenvalue weighted by atomic mass is 28.3. The Bertz CT molecular complexity index is 500. The maximum Gasteiger partial charge on any atom is 0.341 e. The van der Waals surface area contributed by atoms with Gasteiger partial charge in [0.25, 0.3) is 0 Å². The summed E-state index contributed by atoms with van der Waals surface area (Å²) in [5.74, 6) is -0.784. The Morgan fingerprint density at radius 3 is 2.00 bits per heavy atom. The number of aromatic nitrogens is 2. The molecule has 7 heteroatoms. The average molecular weight is 273 g/mol. The lowest BCUT2D eigenvalue weighted by Gasteiger charge is -2.30. The van der Waals surface area contributed by atoms with Crippen molar-refractivity contribution in [3.63, 3.8) is 0 Å². The third-order valence-electron chi connectivity index (χ3n) is 2.45. The number of rotatable bonds is 2. The molecule has 0 bridgehead atoms. The van der Waals surface area contributed by atoms with Gasteiger partial charge in [-0.2, -0.15) is 4.98 Å². The van der Waals surface area contributed by atoms with Gasteiger partial charge in [-0.05, 0) is 0 Å². The van der Waals surface area contributed by atoms with E-state index in [9.17, 15) is 9.18 Å². The first-order valence-corrected chi connectivity index (χ1v) is 12.5. The zero-order chi connectivity index (χ0) is 13.6. The zero-order valence-corrected chi connectivity index (χ0v) is 13.3. The van der Waals surface area contributed by atoms with Gasteiger partial charge in [-0.15, -0.1) is 0 Å². The number of hydrogen-bond acceptors (Lipinski definition) is 3. The van der Waals surface area contributed by atoms with E-state index in [1.807, 2.05) is 39.3 Å². The summed E-state index contributed by atoms with van der Waals surface area (Å²) in [6.07, 6.45) is 0. The van der Waals surface area contributed by atoms with Gasteiger partial charge in [0.2, 0.25) is 0 Å². The molecule has 96 valence electrons. The van der Waals surface area contributed by atoms with E-state index in [-0.39, 0.29) is 5.82 Å². The molecular weight excluding hydrogens is 253 g/mol. The van der Waals surface area contributed by atoms with Crippen LogP contribution in [0.1, 0.15) is 0 Å². The van der Waals surface area contributed by atoms with Crippen LogP contribution in [0.3, 0.4) is 0 Å². The summed E-state index contributed by atoms with van der Waals surface area (Å²) in [6.45, 7) is 12.0. The van der Waals surface area contributed by atoms with Gasteiger partial charge in [0.1, 0.15) is 8.07 Å². The van der Waals surface area contributed by atoms with E-state index in [0.29, 0.717) is 5.32 Å². The third-order valence-corrected chi connectivity index (χ3v) is 6.29. The molecule has 4 nitrogen and oxygen atoms in total. The maximum absolute atomic E-state index is 14.2. The van der Waals surface area contributed by atoms with Crippen molar-refractivity contribution in [2.24, 2.45) is 0 Å². The van der Waals surface area contributed by atoms with Gasteiger partial charge < -0.3 is 9.97 Å². The zero-order valence-electron chi connectivity index (χ0n) is 11.3. The Morgan fingerprint density at radius 2 is 1.65 bits per heavy atom. The molecule has 0 saturated heterocycles. The molecule has 1 heterocycles. The number of nitrogens with two attached hydrogens (primary N) is 1. The van der Waals surface area contributed by atoms with Gasteiger partial charge in [-0.25, -0.2) is 9.18 Å². The van der Waals surface area contributed by atoms with Gasteiger partial charge in [-0.1, -0.05) is 39.3 Å². The highest BCUT2D eigenvalue weighted by Crippen LogP contribution is 2.12. The van der Waals surface area contributed by atoms with Crippen LogP contribution in [-0.4, -0.2) is 25.5 Å². The number of nitrogen functional groups attached to an aromatic ring is 1. The number of halogens is 1. The van der Waals surface area contributed by atoms with Crippen LogP contribution >= 0.6 is 0 Å². The summed E-state index contributed by atoms with van der Waals surface area (Å²) >= 11 is 0. The van der Waals surface area contributed by atoms with Crippen molar-refractivity contribution in [1.82, 2.24) is 9.22 Å². The fourth-order valence-electron chi connectivity index (χ4n) is 1.80. The predicted octanol–water partition coefficient (Wildman–Crippen LogP) is 1.19. The molecule has 0 unspecified atom stereocenters. The first-order valence-electron chi connectivity index (χ1n) is 5.55. The Morgan fingerprint density at radius 1 is 1.18 bits per heavy atom. The highest BCUT2D eigenvalue weighted by molar-refractivity contribution is 6.90. The molecule has 0 amide bonds. The lowest BCUT2D eigenvalue weighted by atomic mass is 10.6. The van der Waals surface area contributed by atoms with Gasteiger partial charge in [0, 0.05) is 5.32 Å². The summed E-state index contributed by atoms with van der Waals surface area (Å²) < 4.78 is 15.8. The Balaban J connectivity index is 3.83. The molecule has 0 aliphatic carbocycles. The minimum atomic E-state index is -2.01. The van der Waals surface area contributed by atoms with Crippen LogP contribution in [0.15, 0.2) is 4.79 Å². The van der Waals surface area contributed by atoms with E-state index < -0.39 is 27.8 Å². The van der Waals surface area contributed by atoms with E-state index in [2.05, 4.69) is 4.98 Å². The summed E-state index contributed by atoms with van der Waals surface area (Å²) in [6, 6.07) is 0. The largest absolute Gasteiger partial charge is 0.381 e. The van der Waals surface area contributed by atoms with Crippen molar-refractivity contribution in [3.8, 4) is 0 Å². The number of hydrogen-bond donors (Lipinski definition) is 1. The molecule has 1 aromatic rings. The standard InChI is InChI=1S/C10H20FN3OSi2/c1-16(2,3)9-7(11)8(12)13-10(15)14(9)17(4,5)6/h1-6H3,(H2,12,13,15). The third kappa shape index (κ3) is 2.66. The van der Waals surface area contributed by atoms with Crippen LogP contribution < -0.4 is 16.7 Å². The first-order chi connectivity index (χ1) is 7.46. The van der Waals surface area contributed by atoms with E-state index >= 15 is 0 Å². The first kappa shape index (κ1) is 14.1. The second-order valence-corrected chi connectivity index (χ2v) is 16.0. The number of anilines is 1. The van der Waals surface area contributed by atoms with Gasteiger partial charge in [0.05, 0.1) is 0 Å². The van der Waals surface area contributed by atoms with Crippen LogP contribution in [0, 0.1) is 5.82 Å². The van der Waals surface area contributed by atoms with Crippen LogP contribution in [0.25, 0.3) is 0 Å². The van der Waals surface area contributed by atoms with E-state index in [1.165, 1.54) is 0 Å².